The van der Waals surface area contributed by atoms with Gasteiger partial charge in [0.25, 0.3) is 5.91 Å². The molecule has 1 aliphatic heterocycles. The normalized spacial score (nSPS) is 17.7. The van der Waals surface area contributed by atoms with E-state index in [1.165, 1.54) is 52.1 Å². The first-order valence-corrected chi connectivity index (χ1v) is 13.3. The highest BCUT2D eigenvalue weighted by Crippen LogP contribution is 2.32. The summed E-state index contributed by atoms with van der Waals surface area (Å²) in [7, 11) is 1.51. The van der Waals surface area contributed by atoms with Crippen LogP contribution in [0, 0.1) is 5.92 Å². The van der Waals surface area contributed by atoms with E-state index in [-0.39, 0.29) is 49.2 Å². The molecule has 0 spiro atoms. The molecule has 230 valence electrons. The fourth-order valence-electron chi connectivity index (χ4n) is 4.43. The highest BCUT2D eigenvalue weighted by Gasteiger charge is 2.34. The molecule has 13 nitrogen and oxygen atoms in total. The zero-order valence-corrected chi connectivity index (χ0v) is 23.6. The van der Waals surface area contributed by atoms with E-state index in [0.717, 1.165) is 12.1 Å². The van der Waals surface area contributed by atoms with Gasteiger partial charge in [-0.25, -0.2) is 9.48 Å². The van der Waals surface area contributed by atoms with Gasteiger partial charge >= 0.3 is 12.2 Å². The second kappa shape index (κ2) is 13.1. The first-order chi connectivity index (χ1) is 20.3. The number of amides is 4. The topological polar surface area (TPSA) is 155 Å². The molecule has 16 heteroatoms. The molecule has 4 amide bonds. The lowest BCUT2D eigenvalue weighted by Crippen LogP contribution is -2.50. The number of halogens is 3. The van der Waals surface area contributed by atoms with Crippen molar-refractivity contribution in [3.8, 4) is 5.75 Å². The van der Waals surface area contributed by atoms with Gasteiger partial charge in [0.1, 0.15) is 24.7 Å². The molecule has 2 aromatic carbocycles. The molecular formula is C27H31F3N8O5. The number of aromatic nitrogens is 4. The number of nitrogens with zero attached hydrogens (tertiary/aromatic N) is 6. The summed E-state index contributed by atoms with van der Waals surface area (Å²) in [6.07, 6.45) is -3.83. The largest absolute Gasteiger partial charge is 0.487 e. The summed E-state index contributed by atoms with van der Waals surface area (Å²) in [4.78, 5) is 41.8. The van der Waals surface area contributed by atoms with Crippen molar-refractivity contribution >= 4 is 29.2 Å². The molecule has 0 saturated heterocycles. The van der Waals surface area contributed by atoms with Gasteiger partial charge in [0.2, 0.25) is 5.91 Å². The first kappa shape index (κ1) is 31.2. The van der Waals surface area contributed by atoms with Crippen LogP contribution in [0.1, 0.15) is 29.8 Å². The van der Waals surface area contributed by atoms with Crippen LogP contribution < -0.4 is 15.4 Å². The van der Waals surface area contributed by atoms with Crippen molar-refractivity contribution < 1.29 is 37.4 Å². The van der Waals surface area contributed by atoms with E-state index in [1.54, 1.807) is 13.0 Å². The SMILES string of the molecule is C[C@H](CO)N1C[C@H](C)[C@@H](CN(C)C(=O)Nc2ccc(C(F)(F)F)cc2)Oc2ccc(NC(=O)Cn3cnnn3)cc2C1=O. The molecule has 3 N–H and O–H groups in total. The van der Waals surface area contributed by atoms with Crippen molar-refractivity contribution in [1.29, 1.82) is 0 Å². The summed E-state index contributed by atoms with van der Waals surface area (Å²) >= 11 is 0. The van der Waals surface area contributed by atoms with E-state index in [1.807, 2.05) is 6.92 Å². The Hall–Kier alpha value is -4.73. The van der Waals surface area contributed by atoms with E-state index >= 15 is 0 Å². The molecule has 3 aromatic rings. The monoisotopic (exact) mass is 604 g/mol. The maximum absolute atomic E-state index is 13.6. The lowest BCUT2D eigenvalue weighted by atomic mass is 9.99. The van der Waals surface area contributed by atoms with E-state index in [4.69, 9.17) is 4.74 Å². The van der Waals surface area contributed by atoms with Crippen molar-refractivity contribution in [2.24, 2.45) is 5.92 Å². The van der Waals surface area contributed by atoms with Gasteiger partial charge in [0, 0.05) is 30.9 Å². The Bertz CT molecular complexity index is 1440. The number of alkyl halides is 3. The Kier molecular flexibility index (Phi) is 9.48. The van der Waals surface area contributed by atoms with Crippen LogP contribution in [0.3, 0.4) is 0 Å². The van der Waals surface area contributed by atoms with Crippen molar-refractivity contribution in [1.82, 2.24) is 30.0 Å². The molecule has 2 heterocycles. The zero-order valence-electron chi connectivity index (χ0n) is 23.6. The van der Waals surface area contributed by atoms with E-state index in [0.29, 0.717) is 5.69 Å². The second-order valence-electron chi connectivity index (χ2n) is 10.3. The van der Waals surface area contributed by atoms with Crippen molar-refractivity contribution in [3.63, 3.8) is 0 Å². The number of rotatable bonds is 8. The number of urea groups is 1. The molecule has 0 bridgehead atoms. The summed E-state index contributed by atoms with van der Waals surface area (Å²) < 4.78 is 46.1. The Balaban J connectivity index is 1.52. The van der Waals surface area contributed by atoms with Crippen LogP contribution in [-0.4, -0.2) is 91.8 Å². The molecule has 0 radical (unpaired) electrons. The number of likely N-dealkylation sites (N-methyl/N-ethyl adjacent to an activating group) is 1. The smallest absolute Gasteiger partial charge is 0.416 e. The fourth-order valence-corrected chi connectivity index (χ4v) is 4.43. The molecule has 0 saturated carbocycles. The molecule has 3 atom stereocenters. The Morgan fingerprint density at radius 1 is 1.16 bits per heavy atom. The van der Waals surface area contributed by atoms with Crippen LogP contribution in [0.15, 0.2) is 48.8 Å². The molecular weight excluding hydrogens is 573 g/mol. The van der Waals surface area contributed by atoms with Crippen LogP contribution in [0.25, 0.3) is 0 Å². The van der Waals surface area contributed by atoms with Crippen LogP contribution in [0.2, 0.25) is 0 Å². The molecule has 1 aromatic heterocycles. The number of carbonyl (C=O) groups is 3. The van der Waals surface area contributed by atoms with Gasteiger partial charge in [0.15, 0.2) is 0 Å². The summed E-state index contributed by atoms with van der Waals surface area (Å²) in [5, 5.41) is 25.7. The van der Waals surface area contributed by atoms with Gasteiger partial charge in [-0.1, -0.05) is 6.92 Å². The van der Waals surface area contributed by atoms with E-state index in [2.05, 4.69) is 26.2 Å². The van der Waals surface area contributed by atoms with Gasteiger partial charge in [-0.05, 0) is 59.8 Å². The Morgan fingerprint density at radius 2 is 1.86 bits per heavy atom. The second-order valence-corrected chi connectivity index (χ2v) is 10.3. The maximum atomic E-state index is 13.6. The van der Waals surface area contributed by atoms with Gasteiger partial charge < -0.3 is 30.3 Å². The average Bonchev–Trinajstić information content (AvgIpc) is 3.47. The average molecular weight is 605 g/mol. The first-order valence-electron chi connectivity index (χ1n) is 13.3. The van der Waals surface area contributed by atoms with Crippen molar-refractivity contribution in [3.05, 3.63) is 59.9 Å². The third-order valence-electron chi connectivity index (χ3n) is 6.91. The predicted octanol–water partition coefficient (Wildman–Crippen LogP) is 2.71. The quantitative estimate of drug-likeness (QED) is 0.355. The summed E-state index contributed by atoms with van der Waals surface area (Å²) in [5.41, 5.74) is -0.177. The Labute approximate surface area is 244 Å². The Morgan fingerprint density at radius 3 is 2.49 bits per heavy atom. The highest BCUT2D eigenvalue weighted by atomic mass is 19.4. The summed E-state index contributed by atoms with van der Waals surface area (Å²) in [5.74, 6) is -0.930. The fraction of sp³-hybridized carbons (Fsp3) is 0.407. The molecule has 0 fully saturated rings. The number of anilines is 2. The molecule has 4 rings (SSSR count). The maximum Gasteiger partial charge on any atom is 0.416 e. The number of carbonyl (C=O) groups excluding carboxylic acids is 3. The van der Waals surface area contributed by atoms with Crippen LogP contribution >= 0.6 is 0 Å². The minimum Gasteiger partial charge on any atom is -0.487 e. The van der Waals surface area contributed by atoms with Crippen LogP contribution in [0.5, 0.6) is 5.75 Å². The minimum atomic E-state index is -4.49. The highest BCUT2D eigenvalue weighted by molar-refractivity contribution is 6.00. The number of hydrogen-bond donors (Lipinski definition) is 3. The number of fused-ring (bicyclic) bond motifs is 1. The van der Waals surface area contributed by atoms with Crippen LogP contribution in [-0.2, 0) is 17.5 Å². The van der Waals surface area contributed by atoms with Crippen LogP contribution in [0.4, 0.5) is 29.3 Å². The van der Waals surface area contributed by atoms with Gasteiger partial charge in [-0.2, -0.15) is 13.2 Å². The number of hydrogen-bond acceptors (Lipinski definition) is 8. The molecule has 1 aliphatic rings. The molecule has 0 unspecified atom stereocenters. The number of ether oxygens (including phenoxy) is 1. The van der Waals surface area contributed by atoms with E-state index in [9.17, 15) is 32.7 Å². The predicted molar refractivity (Wildman–Crippen MR) is 147 cm³/mol. The third-order valence-corrected chi connectivity index (χ3v) is 6.91. The number of tetrazole rings is 1. The number of benzene rings is 2. The number of aliphatic hydroxyl groups is 1. The summed E-state index contributed by atoms with van der Waals surface area (Å²) in [6, 6.07) is 7.54. The zero-order chi connectivity index (χ0) is 31.3. The minimum absolute atomic E-state index is 0.0625. The molecule has 0 aliphatic carbocycles. The molecule has 43 heavy (non-hydrogen) atoms. The lowest BCUT2D eigenvalue weighted by molar-refractivity contribution is -0.137. The number of nitrogens with one attached hydrogen (secondary N) is 2. The summed E-state index contributed by atoms with van der Waals surface area (Å²) in [6.45, 7) is 3.35. The number of aliphatic hydroxyl groups excluding tert-OH is 1. The third kappa shape index (κ3) is 7.77. The van der Waals surface area contributed by atoms with Crippen molar-refractivity contribution in [2.45, 2.75) is 38.7 Å². The van der Waals surface area contributed by atoms with Gasteiger partial charge in [-0.3, -0.25) is 9.59 Å². The lowest BCUT2D eigenvalue weighted by Gasteiger charge is -2.38. The van der Waals surface area contributed by atoms with Crippen molar-refractivity contribution in [2.75, 3.05) is 37.4 Å². The van der Waals surface area contributed by atoms with E-state index < -0.39 is 41.7 Å². The van der Waals surface area contributed by atoms with Gasteiger partial charge in [0.05, 0.1) is 30.3 Å². The standard InChI is InChI=1S/C27H31F3N8O5/c1-16-11-38(17(2)14-39)25(41)21-10-20(32-24(40)13-37-15-31-34-35-37)8-9-22(21)43-23(16)12-36(3)26(42)33-19-6-4-18(5-7-19)27(28,29)30/h4-10,15-17,23,39H,11-14H2,1-3H3,(H,32,40)(H,33,42)/t16-,17+,23+/m0/s1. The van der Waals surface area contributed by atoms with Gasteiger partial charge in [-0.15, -0.1) is 5.10 Å².